The van der Waals surface area contributed by atoms with Crippen molar-refractivity contribution in [1.29, 1.82) is 0 Å². The predicted molar refractivity (Wildman–Crippen MR) is 94.0 cm³/mol. The lowest BCUT2D eigenvalue weighted by atomic mass is 10.1. The smallest absolute Gasteiger partial charge is 0.307 e. The van der Waals surface area contributed by atoms with E-state index in [2.05, 4.69) is 45.2 Å². The fraction of sp³-hybridized carbons (Fsp3) is 0.133. The molecule has 0 unspecified atom stereocenters. The molecule has 0 aliphatic carbocycles. The third-order valence-corrected chi connectivity index (χ3v) is 4.08. The van der Waals surface area contributed by atoms with Gasteiger partial charge < -0.3 is 9.84 Å². The first-order valence-electron chi connectivity index (χ1n) is 5.92. The number of carboxylic acid groups (broad SMARTS) is 1. The van der Waals surface area contributed by atoms with Crippen molar-refractivity contribution in [3.63, 3.8) is 0 Å². The summed E-state index contributed by atoms with van der Waals surface area (Å²) >= 11 is 4.36. The molecular formula is C15H12I2O3. The third kappa shape index (κ3) is 4.34. The minimum absolute atomic E-state index is 0.0308. The van der Waals surface area contributed by atoms with Gasteiger partial charge in [-0.05, 0) is 62.9 Å². The van der Waals surface area contributed by atoms with E-state index in [1.807, 2.05) is 42.5 Å². The lowest BCUT2D eigenvalue weighted by Crippen LogP contribution is -2.06. The highest BCUT2D eigenvalue weighted by Gasteiger charge is 2.13. The molecule has 0 aromatic heterocycles. The van der Waals surface area contributed by atoms with Gasteiger partial charge >= 0.3 is 5.97 Å². The minimum atomic E-state index is -0.854. The first kappa shape index (κ1) is 15.6. The van der Waals surface area contributed by atoms with Crippen molar-refractivity contribution in [2.24, 2.45) is 0 Å². The number of halogens is 2. The van der Waals surface area contributed by atoms with Crippen molar-refractivity contribution in [3.8, 4) is 5.75 Å². The molecule has 0 fully saturated rings. The standard InChI is InChI=1S/C15H12I2O3/c16-12-6-11(7-14(18)19)15(13(17)8-12)20-9-10-4-2-1-3-5-10/h1-6,8H,7,9H2,(H,18,19). The number of hydrogen-bond donors (Lipinski definition) is 1. The first-order chi connectivity index (χ1) is 9.56. The van der Waals surface area contributed by atoms with Gasteiger partial charge in [0.15, 0.2) is 0 Å². The number of benzene rings is 2. The van der Waals surface area contributed by atoms with Crippen LogP contribution < -0.4 is 4.74 Å². The summed E-state index contributed by atoms with van der Waals surface area (Å²) in [5.74, 6) is -0.190. The van der Waals surface area contributed by atoms with E-state index < -0.39 is 5.97 Å². The van der Waals surface area contributed by atoms with Crippen molar-refractivity contribution in [2.75, 3.05) is 0 Å². The molecular weight excluding hydrogens is 482 g/mol. The van der Waals surface area contributed by atoms with Crippen LogP contribution in [-0.2, 0) is 17.8 Å². The van der Waals surface area contributed by atoms with E-state index in [0.29, 0.717) is 17.9 Å². The average molecular weight is 494 g/mol. The van der Waals surface area contributed by atoms with E-state index in [-0.39, 0.29) is 6.42 Å². The average Bonchev–Trinajstić information content (AvgIpc) is 2.38. The molecule has 2 aromatic carbocycles. The van der Waals surface area contributed by atoms with Crippen LogP contribution in [-0.4, -0.2) is 11.1 Å². The SMILES string of the molecule is O=C(O)Cc1cc(I)cc(I)c1OCc1ccccc1. The maximum atomic E-state index is 11.0. The van der Waals surface area contributed by atoms with E-state index in [0.717, 1.165) is 12.7 Å². The number of carbonyl (C=O) groups is 1. The predicted octanol–water partition coefficient (Wildman–Crippen LogP) is 4.10. The zero-order valence-electron chi connectivity index (χ0n) is 10.5. The second-order valence-corrected chi connectivity index (χ2v) is 6.63. The van der Waals surface area contributed by atoms with E-state index in [4.69, 9.17) is 9.84 Å². The number of hydrogen-bond acceptors (Lipinski definition) is 2. The summed E-state index contributed by atoms with van der Waals surface area (Å²) in [6, 6.07) is 13.7. The Morgan fingerprint density at radius 3 is 2.50 bits per heavy atom. The van der Waals surface area contributed by atoms with Gasteiger partial charge in [0.1, 0.15) is 12.4 Å². The van der Waals surface area contributed by atoms with E-state index in [1.165, 1.54) is 0 Å². The third-order valence-electron chi connectivity index (χ3n) is 2.65. The second kappa shape index (κ2) is 7.26. The molecule has 0 spiro atoms. The topological polar surface area (TPSA) is 46.5 Å². The van der Waals surface area contributed by atoms with Crippen molar-refractivity contribution in [1.82, 2.24) is 0 Å². The Balaban J connectivity index is 2.23. The highest BCUT2D eigenvalue weighted by molar-refractivity contribution is 14.1. The fourth-order valence-corrected chi connectivity index (χ4v) is 3.92. The van der Waals surface area contributed by atoms with Gasteiger partial charge in [0.2, 0.25) is 0 Å². The minimum Gasteiger partial charge on any atom is -0.487 e. The molecule has 104 valence electrons. The molecule has 0 saturated carbocycles. The maximum absolute atomic E-state index is 11.0. The van der Waals surface area contributed by atoms with Crippen LogP contribution in [0.5, 0.6) is 5.75 Å². The van der Waals surface area contributed by atoms with E-state index in [1.54, 1.807) is 0 Å². The normalized spacial score (nSPS) is 10.3. The molecule has 0 heterocycles. The quantitative estimate of drug-likeness (QED) is 0.638. The van der Waals surface area contributed by atoms with Gasteiger partial charge in [-0.2, -0.15) is 0 Å². The summed E-state index contributed by atoms with van der Waals surface area (Å²) in [6.07, 6.45) is -0.0308. The molecule has 0 saturated heterocycles. The Morgan fingerprint density at radius 1 is 1.15 bits per heavy atom. The highest BCUT2D eigenvalue weighted by Crippen LogP contribution is 2.29. The second-order valence-electron chi connectivity index (χ2n) is 4.22. The van der Waals surface area contributed by atoms with Gasteiger partial charge in [0.05, 0.1) is 9.99 Å². The summed E-state index contributed by atoms with van der Waals surface area (Å²) in [5, 5.41) is 9.00. The van der Waals surface area contributed by atoms with Crippen LogP contribution in [0, 0.1) is 7.14 Å². The van der Waals surface area contributed by atoms with Crippen LogP contribution in [0.25, 0.3) is 0 Å². The monoisotopic (exact) mass is 494 g/mol. The summed E-state index contributed by atoms with van der Waals surface area (Å²) in [6.45, 7) is 0.435. The first-order valence-corrected chi connectivity index (χ1v) is 8.08. The van der Waals surface area contributed by atoms with Crippen molar-refractivity contribution < 1.29 is 14.6 Å². The van der Waals surface area contributed by atoms with Crippen LogP contribution in [0.3, 0.4) is 0 Å². The number of aliphatic carboxylic acids is 1. The molecule has 5 heteroatoms. The molecule has 2 aromatic rings. The van der Waals surface area contributed by atoms with Gasteiger partial charge in [-0.1, -0.05) is 30.3 Å². The molecule has 0 bridgehead atoms. The van der Waals surface area contributed by atoms with Crippen LogP contribution in [0.1, 0.15) is 11.1 Å². The van der Waals surface area contributed by atoms with Gasteiger partial charge in [-0.15, -0.1) is 0 Å². The van der Waals surface area contributed by atoms with Crippen molar-refractivity contribution in [3.05, 3.63) is 60.7 Å². The molecule has 2 rings (SSSR count). The lowest BCUT2D eigenvalue weighted by Gasteiger charge is -2.13. The fourth-order valence-electron chi connectivity index (χ4n) is 1.80. The zero-order chi connectivity index (χ0) is 14.5. The Kier molecular flexibility index (Phi) is 5.64. The largest absolute Gasteiger partial charge is 0.487 e. The van der Waals surface area contributed by atoms with Crippen LogP contribution >= 0.6 is 45.2 Å². The van der Waals surface area contributed by atoms with Gasteiger partial charge in [-0.3, -0.25) is 4.79 Å². The molecule has 1 N–H and O–H groups in total. The Morgan fingerprint density at radius 2 is 1.85 bits per heavy atom. The Bertz CT molecular complexity index is 612. The molecule has 3 nitrogen and oxygen atoms in total. The van der Waals surface area contributed by atoms with Crippen LogP contribution in [0.2, 0.25) is 0 Å². The van der Waals surface area contributed by atoms with Gasteiger partial charge in [-0.25, -0.2) is 0 Å². The molecule has 20 heavy (non-hydrogen) atoms. The van der Waals surface area contributed by atoms with Crippen LogP contribution in [0.4, 0.5) is 0 Å². The van der Waals surface area contributed by atoms with Crippen molar-refractivity contribution >= 4 is 51.2 Å². The Labute approximate surface area is 144 Å². The summed E-state index contributed by atoms with van der Waals surface area (Å²) < 4.78 is 7.78. The number of carboxylic acids is 1. The van der Waals surface area contributed by atoms with Gasteiger partial charge in [0, 0.05) is 9.13 Å². The molecule has 0 amide bonds. The van der Waals surface area contributed by atoms with Gasteiger partial charge in [0.25, 0.3) is 0 Å². The summed E-state index contributed by atoms with van der Waals surface area (Å²) in [5.41, 5.74) is 1.77. The number of rotatable bonds is 5. The number of ether oxygens (including phenoxy) is 1. The lowest BCUT2D eigenvalue weighted by molar-refractivity contribution is -0.136. The molecule has 0 radical (unpaired) electrons. The molecule has 0 atom stereocenters. The maximum Gasteiger partial charge on any atom is 0.307 e. The van der Waals surface area contributed by atoms with Crippen molar-refractivity contribution in [2.45, 2.75) is 13.0 Å². The van der Waals surface area contributed by atoms with E-state index in [9.17, 15) is 4.79 Å². The summed E-state index contributed by atoms with van der Waals surface area (Å²) in [7, 11) is 0. The highest BCUT2D eigenvalue weighted by atomic mass is 127. The Hall–Kier alpha value is -0.830. The molecule has 0 aliphatic heterocycles. The zero-order valence-corrected chi connectivity index (χ0v) is 14.8. The molecule has 0 aliphatic rings. The van der Waals surface area contributed by atoms with Crippen LogP contribution in [0.15, 0.2) is 42.5 Å². The summed E-state index contributed by atoms with van der Waals surface area (Å²) in [4.78, 5) is 11.0. The van der Waals surface area contributed by atoms with E-state index >= 15 is 0 Å².